The molecule has 0 saturated carbocycles. The van der Waals surface area contributed by atoms with Crippen molar-refractivity contribution in [1.82, 2.24) is 19.2 Å². The maximum atomic E-state index is 13.2. The van der Waals surface area contributed by atoms with Crippen molar-refractivity contribution in [2.45, 2.75) is 24.3 Å². The van der Waals surface area contributed by atoms with Gasteiger partial charge in [-0.15, -0.1) is 0 Å². The number of methoxy groups -OCH3 is 1. The summed E-state index contributed by atoms with van der Waals surface area (Å²) in [5.41, 5.74) is 2.17. The van der Waals surface area contributed by atoms with E-state index in [0.717, 1.165) is 35.5 Å². The van der Waals surface area contributed by atoms with Crippen LogP contribution in [0.4, 0.5) is 5.82 Å². The molecular weight excluding hydrogens is 498 g/mol. The van der Waals surface area contributed by atoms with E-state index in [0.29, 0.717) is 31.9 Å². The topological polar surface area (TPSA) is 87.7 Å². The van der Waals surface area contributed by atoms with Gasteiger partial charge in [0, 0.05) is 38.1 Å². The maximum absolute atomic E-state index is 13.2. The molecule has 1 atom stereocenters. The minimum Gasteiger partial charge on any atom is -0.497 e. The van der Waals surface area contributed by atoms with Gasteiger partial charge in [-0.2, -0.15) is 4.31 Å². The van der Waals surface area contributed by atoms with Crippen LogP contribution < -0.4 is 10.1 Å². The number of aromatic nitrogens is 2. The Morgan fingerprint density at radius 3 is 2.29 bits per heavy atom. The van der Waals surface area contributed by atoms with Crippen LogP contribution in [-0.2, 0) is 16.4 Å². The number of piperazine rings is 1. The average molecular weight is 532 g/mol. The molecule has 1 aromatic heterocycles. The van der Waals surface area contributed by atoms with Crippen molar-refractivity contribution >= 4 is 26.7 Å². The Bertz CT molecular complexity index is 1470. The minimum absolute atomic E-state index is 0.0554. The molecule has 8 nitrogen and oxygen atoms in total. The predicted octanol–water partition coefficient (Wildman–Crippen LogP) is 4.36. The molecule has 0 unspecified atom stereocenters. The summed E-state index contributed by atoms with van der Waals surface area (Å²) in [4.78, 5) is 12.3. The molecule has 0 aliphatic carbocycles. The molecule has 1 saturated heterocycles. The molecule has 0 radical (unpaired) electrons. The molecule has 1 aliphatic heterocycles. The van der Waals surface area contributed by atoms with Crippen molar-refractivity contribution in [3.05, 3.63) is 90.3 Å². The Balaban J connectivity index is 1.28. The van der Waals surface area contributed by atoms with Gasteiger partial charge in [0.25, 0.3) is 0 Å². The first-order chi connectivity index (χ1) is 18.5. The van der Waals surface area contributed by atoms with Crippen molar-refractivity contribution in [1.29, 1.82) is 0 Å². The number of para-hydroxylation sites is 1. The summed E-state index contributed by atoms with van der Waals surface area (Å²) in [6, 6.07) is 24.9. The standard InChI is InChI=1S/C29H33N5O3S/c1-22(33-18-20-34(21-19-33)38(35,36)25-14-12-24(37-2)13-15-25)28-31-27-11-7-6-10-26(27)29(32-28)30-17-16-23-8-4-3-5-9-23/h3-15,22H,16-21H2,1-2H3,(H,30,31,32)/t22-/m0/s1. The lowest BCUT2D eigenvalue weighted by atomic mass is 10.1. The van der Waals surface area contributed by atoms with Gasteiger partial charge >= 0.3 is 0 Å². The summed E-state index contributed by atoms with van der Waals surface area (Å²) in [5, 5.41) is 4.51. The van der Waals surface area contributed by atoms with Gasteiger partial charge in [-0.05, 0) is 55.3 Å². The van der Waals surface area contributed by atoms with E-state index in [9.17, 15) is 8.42 Å². The Morgan fingerprint density at radius 2 is 1.58 bits per heavy atom. The predicted molar refractivity (Wildman–Crippen MR) is 150 cm³/mol. The van der Waals surface area contributed by atoms with Gasteiger partial charge in [0.2, 0.25) is 10.0 Å². The fraction of sp³-hybridized carbons (Fsp3) is 0.310. The van der Waals surface area contributed by atoms with Crippen LogP contribution in [0.25, 0.3) is 10.9 Å². The molecule has 3 aromatic carbocycles. The molecule has 2 heterocycles. The van der Waals surface area contributed by atoms with E-state index in [1.54, 1.807) is 35.7 Å². The van der Waals surface area contributed by atoms with E-state index in [1.165, 1.54) is 5.56 Å². The van der Waals surface area contributed by atoms with E-state index in [2.05, 4.69) is 41.4 Å². The molecule has 9 heteroatoms. The van der Waals surface area contributed by atoms with E-state index >= 15 is 0 Å². The summed E-state index contributed by atoms with van der Waals surface area (Å²) >= 11 is 0. The van der Waals surface area contributed by atoms with Crippen LogP contribution >= 0.6 is 0 Å². The van der Waals surface area contributed by atoms with Gasteiger partial charge < -0.3 is 10.1 Å². The highest BCUT2D eigenvalue weighted by Gasteiger charge is 2.31. The third-order valence-corrected chi connectivity index (χ3v) is 8.97. The maximum Gasteiger partial charge on any atom is 0.243 e. The zero-order valence-corrected chi connectivity index (χ0v) is 22.6. The highest BCUT2D eigenvalue weighted by Crippen LogP contribution is 2.27. The number of anilines is 1. The number of fused-ring (bicyclic) bond motifs is 1. The van der Waals surface area contributed by atoms with Crippen molar-refractivity contribution in [2.75, 3.05) is 45.2 Å². The van der Waals surface area contributed by atoms with E-state index in [-0.39, 0.29) is 10.9 Å². The monoisotopic (exact) mass is 531 g/mol. The van der Waals surface area contributed by atoms with Crippen LogP contribution in [0.5, 0.6) is 5.75 Å². The van der Waals surface area contributed by atoms with Gasteiger partial charge in [-0.25, -0.2) is 18.4 Å². The van der Waals surface area contributed by atoms with Gasteiger partial charge in [0.05, 0.1) is 23.6 Å². The lowest BCUT2D eigenvalue weighted by Crippen LogP contribution is -2.49. The number of sulfonamides is 1. The summed E-state index contributed by atoms with van der Waals surface area (Å²) in [5.74, 6) is 2.19. The lowest BCUT2D eigenvalue weighted by Gasteiger charge is -2.36. The summed E-state index contributed by atoms with van der Waals surface area (Å²) in [6.07, 6.45) is 0.898. The molecule has 4 aromatic rings. The molecule has 1 aliphatic rings. The number of nitrogens with zero attached hydrogens (tertiary/aromatic N) is 4. The highest BCUT2D eigenvalue weighted by atomic mass is 32.2. The molecule has 0 bridgehead atoms. The smallest absolute Gasteiger partial charge is 0.243 e. The third-order valence-electron chi connectivity index (χ3n) is 7.06. The average Bonchev–Trinajstić information content (AvgIpc) is 2.97. The molecule has 0 amide bonds. The Morgan fingerprint density at radius 1 is 0.895 bits per heavy atom. The minimum atomic E-state index is -3.56. The van der Waals surface area contributed by atoms with Crippen LogP contribution in [-0.4, -0.2) is 67.4 Å². The zero-order valence-electron chi connectivity index (χ0n) is 21.7. The number of rotatable bonds is 9. The molecule has 198 valence electrons. The first kappa shape index (κ1) is 26.1. The van der Waals surface area contributed by atoms with E-state index < -0.39 is 10.0 Å². The van der Waals surface area contributed by atoms with Crippen molar-refractivity contribution < 1.29 is 13.2 Å². The number of hydrogen-bond acceptors (Lipinski definition) is 7. The van der Waals surface area contributed by atoms with Crippen molar-refractivity contribution in [2.24, 2.45) is 0 Å². The zero-order chi connectivity index (χ0) is 26.5. The van der Waals surface area contributed by atoms with Gasteiger partial charge in [0.1, 0.15) is 17.4 Å². The van der Waals surface area contributed by atoms with Gasteiger partial charge in [-0.3, -0.25) is 4.90 Å². The van der Waals surface area contributed by atoms with Crippen molar-refractivity contribution in [3.8, 4) is 5.75 Å². The van der Waals surface area contributed by atoms with Crippen LogP contribution in [0, 0.1) is 0 Å². The SMILES string of the molecule is COc1ccc(S(=O)(=O)N2CCN([C@@H](C)c3nc(NCCc4ccccc4)c4ccccc4n3)CC2)cc1. The largest absolute Gasteiger partial charge is 0.497 e. The molecule has 0 spiro atoms. The fourth-order valence-corrected chi connectivity index (χ4v) is 6.20. The second kappa shape index (κ2) is 11.5. The highest BCUT2D eigenvalue weighted by molar-refractivity contribution is 7.89. The summed E-state index contributed by atoms with van der Waals surface area (Å²) in [7, 11) is -2.00. The van der Waals surface area contributed by atoms with E-state index in [4.69, 9.17) is 14.7 Å². The van der Waals surface area contributed by atoms with Crippen molar-refractivity contribution in [3.63, 3.8) is 0 Å². The molecule has 38 heavy (non-hydrogen) atoms. The van der Waals surface area contributed by atoms with Crippen LogP contribution in [0.3, 0.4) is 0 Å². The molecular formula is C29H33N5O3S. The third kappa shape index (κ3) is 5.65. The summed E-state index contributed by atoms with van der Waals surface area (Å²) in [6.45, 7) is 4.88. The van der Waals surface area contributed by atoms with Crippen LogP contribution in [0.1, 0.15) is 24.4 Å². The Hall–Kier alpha value is -3.53. The molecule has 5 rings (SSSR count). The number of ether oxygens (including phenoxy) is 1. The van der Waals surface area contributed by atoms with Crippen LogP contribution in [0.2, 0.25) is 0 Å². The number of benzene rings is 3. The molecule has 1 fully saturated rings. The normalized spacial score (nSPS) is 15.8. The number of hydrogen-bond donors (Lipinski definition) is 1. The first-order valence-corrected chi connectivity index (χ1v) is 14.3. The fourth-order valence-electron chi connectivity index (χ4n) is 4.78. The number of nitrogens with one attached hydrogen (secondary N) is 1. The van der Waals surface area contributed by atoms with Gasteiger partial charge in [0.15, 0.2) is 0 Å². The van der Waals surface area contributed by atoms with Crippen LogP contribution in [0.15, 0.2) is 83.8 Å². The second-order valence-corrected chi connectivity index (χ2v) is 11.3. The Kier molecular flexibility index (Phi) is 7.87. The quantitative estimate of drug-likeness (QED) is 0.343. The summed E-state index contributed by atoms with van der Waals surface area (Å²) < 4.78 is 33.0. The first-order valence-electron chi connectivity index (χ1n) is 12.9. The molecule has 1 N–H and O–H groups in total. The Labute approximate surface area is 224 Å². The lowest BCUT2D eigenvalue weighted by molar-refractivity contribution is 0.141. The van der Waals surface area contributed by atoms with Gasteiger partial charge in [-0.1, -0.05) is 42.5 Å². The second-order valence-electron chi connectivity index (χ2n) is 9.40. The van der Waals surface area contributed by atoms with E-state index in [1.807, 2.05) is 30.3 Å².